The molecule has 0 aliphatic carbocycles. The fourth-order valence-corrected chi connectivity index (χ4v) is 3.65. The van der Waals surface area contributed by atoms with Crippen LogP contribution in [0.4, 0.5) is 11.4 Å². The highest BCUT2D eigenvalue weighted by atomic mass is 32.2. The zero-order valence-electron chi connectivity index (χ0n) is 14.7. The number of benzene rings is 1. The van der Waals surface area contributed by atoms with Gasteiger partial charge in [0.05, 0.1) is 29.8 Å². The van der Waals surface area contributed by atoms with Crippen molar-refractivity contribution in [2.24, 2.45) is 0 Å². The number of nitrogens with one attached hydrogen (secondary N) is 2. The number of methoxy groups -OCH3 is 1. The second-order valence-electron chi connectivity index (χ2n) is 5.86. The van der Waals surface area contributed by atoms with Gasteiger partial charge in [0.2, 0.25) is 10.0 Å². The fraction of sp³-hybridized carbons (Fsp3) is 0.375. The van der Waals surface area contributed by atoms with Crippen molar-refractivity contribution >= 4 is 38.6 Å². The number of nitrogens with zero attached hydrogens (tertiary/aromatic N) is 1. The van der Waals surface area contributed by atoms with Crippen molar-refractivity contribution in [3.8, 4) is 5.75 Å². The number of hydrogen-bond acceptors (Lipinski definition) is 6. The van der Waals surface area contributed by atoms with Gasteiger partial charge in [0, 0.05) is 17.7 Å². The maximum Gasteiger partial charge on any atom is 0.267 e. The van der Waals surface area contributed by atoms with Gasteiger partial charge in [0.1, 0.15) is 10.6 Å². The summed E-state index contributed by atoms with van der Waals surface area (Å²) in [7, 11) is -2.00. The van der Waals surface area contributed by atoms with Gasteiger partial charge in [-0.25, -0.2) is 13.4 Å². The first-order chi connectivity index (χ1) is 11.6. The maximum atomic E-state index is 12.5. The molecule has 0 atom stereocenters. The van der Waals surface area contributed by atoms with E-state index in [9.17, 15) is 13.2 Å². The summed E-state index contributed by atoms with van der Waals surface area (Å²) in [6, 6.07) is 4.70. The van der Waals surface area contributed by atoms with Crippen LogP contribution in [-0.4, -0.2) is 32.7 Å². The molecule has 1 aromatic heterocycles. The van der Waals surface area contributed by atoms with Gasteiger partial charge in [-0.1, -0.05) is 13.8 Å². The predicted molar refractivity (Wildman–Crippen MR) is 100 cm³/mol. The number of amides is 1. The van der Waals surface area contributed by atoms with Crippen molar-refractivity contribution in [1.29, 1.82) is 0 Å². The number of anilines is 2. The van der Waals surface area contributed by atoms with E-state index >= 15 is 0 Å². The van der Waals surface area contributed by atoms with Crippen LogP contribution in [0, 0.1) is 6.92 Å². The van der Waals surface area contributed by atoms with Crippen LogP contribution < -0.4 is 14.8 Å². The van der Waals surface area contributed by atoms with Crippen LogP contribution in [0.5, 0.6) is 5.75 Å². The van der Waals surface area contributed by atoms with Crippen LogP contribution in [0.3, 0.4) is 0 Å². The molecule has 9 heteroatoms. The normalized spacial score (nSPS) is 11.4. The summed E-state index contributed by atoms with van der Waals surface area (Å²) in [5.74, 6) is 0.312. The van der Waals surface area contributed by atoms with Gasteiger partial charge in [-0.3, -0.25) is 9.52 Å². The molecule has 0 saturated carbocycles. The Morgan fingerprint density at radius 2 is 2.00 bits per heavy atom. The van der Waals surface area contributed by atoms with Gasteiger partial charge in [0.15, 0.2) is 0 Å². The van der Waals surface area contributed by atoms with Crippen LogP contribution in [0.2, 0.25) is 0 Å². The van der Waals surface area contributed by atoms with E-state index in [1.165, 1.54) is 24.5 Å². The van der Waals surface area contributed by atoms with Gasteiger partial charge in [0.25, 0.3) is 5.91 Å². The van der Waals surface area contributed by atoms with Crippen LogP contribution in [0.1, 0.15) is 40.1 Å². The second kappa shape index (κ2) is 7.40. The molecule has 0 bridgehead atoms. The number of sulfonamides is 1. The largest absolute Gasteiger partial charge is 0.494 e. The van der Waals surface area contributed by atoms with Crippen LogP contribution in [-0.2, 0) is 10.0 Å². The third-order valence-corrected chi connectivity index (χ3v) is 5.32. The third kappa shape index (κ3) is 4.93. The molecule has 7 nitrogen and oxygen atoms in total. The Kier molecular flexibility index (Phi) is 5.69. The molecule has 2 N–H and O–H groups in total. The molecule has 0 spiro atoms. The van der Waals surface area contributed by atoms with E-state index in [0.29, 0.717) is 27.7 Å². The van der Waals surface area contributed by atoms with Crippen molar-refractivity contribution in [2.45, 2.75) is 26.7 Å². The van der Waals surface area contributed by atoms with Crippen molar-refractivity contribution < 1.29 is 17.9 Å². The minimum Gasteiger partial charge on any atom is -0.494 e. The van der Waals surface area contributed by atoms with Crippen molar-refractivity contribution in [2.75, 3.05) is 23.4 Å². The molecule has 2 rings (SSSR count). The average Bonchev–Trinajstić information content (AvgIpc) is 2.89. The molecule has 0 aliphatic rings. The van der Waals surface area contributed by atoms with E-state index in [1.54, 1.807) is 19.1 Å². The van der Waals surface area contributed by atoms with Crippen LogP contribution in [0.25, 0.3) is 0 Å². The minimum absolute atomic E-state index is 0.256. The van der Waals surface area contributed by atoms with Gasteiger partial charge < -0.3 is 10.1 Å². The van der Waals surface area contributed by atoms with Gasteiger partial charge in [-0.2, -0.15) is 0 Å². The lowest BCUT2D eigenvalue weighted by Crippen LogP contribution is -2.13. The van der Waals surface area contributed by atoms with Gasteiger partial charge in [-0.05, 0) is 19.1 Å². The van der Waals surface area contributed by atoms with Gasteiger partial charge in [-0.15, -0.1) is 11.3 Å². The summed E-state index contributed by atoms with van der Waals surface area (Å²) in [6.45, 7) is 5.85. The maximum absolute atomic E-state index is 12.5. The molecule has 25 heavy (non-hydrogen) atoms. The predicted octanol–water partition coefficient (Wildman–Crippen LogP) is 3.21. The fourth-order valence-electron chi connectivity index (χ4n) is 2.12. The molecule has 0 unspecified atom stereocenters. The number of thiazole rings is 1. The standard InChI is InChI=1S/C16H21N3O4S2/c1-9(2)16-17-10(3)14(24-16)15(20)18-11-6-7-12(13(8-11)23-4)19-25(5,21)22/h6-9,19H,1-5H3,(H,18,20). The molecule has 1 aromatic carbocycles. The zero-order valence-corrected chi connectivity index (χ0v) is 16.3. The summed E-state index contributed by atoms with van der Waals surface area (Å²) in [6.07, 6.45) is 1.06. The lowest BCUT2D eigenvalue weighted by atomic mass is 10.2. The highest BCUT2D eigenvalue weighted by Gasteiger charge is 2.18. The van der Waals surface area contributed by atoms with Crippen LogP contribution >= 0.6 is 11.3 Å². The number of ether oxygens (including phenoxy) is 1. The summed E-state index contributed by atoms with van der Waals surface area (Å²) in [5, 5.41) is 3.70. The Bertz CT molecular complexity index is 889. The first kappa shape index (κ1) is 19.2. The number of carbonyl (C=O) groups excluding carboxylic acids is 1. The Morgan fingerprint density at radius 1 is 1.32 bits per heavy atom. The highest BCUT2D eigenvalue weighted by Crippen LogP contribution is 2.30. The van der Waals surface area contributed by atoms with E-state index in [0.717, 1.165) is 11.3 Å². The van der Waals surface area contributed by atoms with E-state index in [2.05, 4.69) is 15.0 Å². The smallest absolute Gasteiger partial charge is 0.267 e. The Morgan fingerprint density at radius 3 is 2.52 bits per heavy atom. The number of carbonyl (C=O) groups is 1. The monoisotopic (exact) mass is 383 g/mol. The summed E-state index contributed by atoms with van der Waals surface area (Å²) >= 11 is 1.37. The SMILES string of the molecule is COc1cc(NC(=O)c2sc(C(C)C)nc2C)ccc1NS(C)(=O)=O. The Labute approximate surface area is 151 Å². The highest BCUT2D eigenvalue weighted by molar-refractivity contribution is 7.92. The first-order valence-electron chi connectivity index (χ1n) is 7.55. The van der Waals surface area contributed by atoms with Crippen LogP contribution in [0.15, 0.2) is 18.2 Å². The third-order valence-electron chi connectivity index (χ3n) is 3.27. The van der Waals surface area contributed by atoms with Gasteiger partial charge >= 0.3 is 0 Å². The zero-order chi connectivity index (χ0) is 18.8. The molecule has 1 amide bonds. The lowest BCUT2D eigenvalue weighted by molar-refractivity contribution is 0.103. The minimum atomic E-state index is -3.42. The van der Waals surface area contributed by atoms with Crippen molar-refractivity contribution in [3.63, 3.8) is 0 Å². The first-order valence-corrected chi connectivity index (χ1v) is 10.3. The lowest BCUT2D eigenvalue weighted by Gasteiger charge is -2.12. The molecule has 1 heterocycles. The molecule has 0 fully saturated rings. The molecule has 0 aliphatic heterocycles. The van der Waals surface area contributed by atoms with E-state index in [-0.39, 0.29) is 11.8 Å². The average molecular weight is 383 g/mol. The number of hydrogen-bond donors (Lipinski definition) is 2. The molecule has 136 valence electrons. The second-order valence-corrected chi connectivity index (χ2v) is 8.64. The molecular formula is C16H21N3O4S2. The quantitative estimate of drug-likeness (QED) is 0.798. The summed E-state index contributed by atoms with van der Waals surface area (Å²) in [4.78, 5) is 17.5. The van der Waals surface area contributed by atoms with E-state index in [1.807, 2.05) is 13.8 Å². The van der Waals surface area contributed by atoms with E-state index in [4.69, 9.17) is 4.74 Å². The molecule has 0 saturated heterocycles. The molecule has 2 aromatic rings. The number of aromatic nitrogens is 1. The van der Waals surface area contributed by atoms with Crippen molar-refractivity contribution in [1.82, 2.24) is 4.98 Å². The Hall–Kier alpha value is -2.13. The topological polar surface area (TPSA) is 97.4 Å². The van der Waals surface area contributed by atoms with E-state index < -0.39 is 10.0 Å². The number of aryl methyl sites for hydroxylation is 1. The summed E-state index contributed by atoms with van der Waals surface area (Å²) < 4.78 is 30.3. The summed E-state index contributed by atoms with van der Waals surface area (Å²) in [5.41, 5.74) is 1.49. The molecular weight excluding hydrogens is 362 g/mol. The Balaban J connectivity index is 2.24. The number of rotatable bonds is 6. The van der Waals surface area contributed by atoms with Crippen molar-refractivity contribution in [3.05, 3.63) is 33.8 Å². The molecule has 0 radical (unpaired) electrons.